The van der Waals surface area contributed by atoms with Crippen molar-refractivity contribution in [3.63, 3.8) is 0 Å². The van der Waals surface area contributed by atoms with Crippen LogP contribution in [0.3, 0.4) is 0 Å². The number of rotatable bonds is 11. The summed E-state index contributed by atoms with van der Waals surface area (Å²) in [6.45, 7) is 9.12. The van der Waals surface area contributed by atoms with E-state index in [9.17, 15) is 13.5 Å². The molecule has 3 aromatic rings. The minimum atomic E-state index is -3.84. The quantitative estimate of drug-likeness (QED) is 0.446. The second-order valence-corrected chi connectivity index (χ2v) is 11.5. The van der Waals surface area contributed by atoms with Gasteiger partial charge in [-0.05, 0) is 42.0 Å². The summed E-state index contributed by atoms with van der Waals surface area (Å²) in [6.07, 6.45) is 1.23. The molecule has 0 bridgehead atoms. The number of hydrogen-bond donors (Lipinski definition) is 2. The summed E-state index contributed by atoms with van der Waals surface area (Å²) >= 11 is 0. The average molecular weight is 473 g/mol. The fraction of sp³-hybridized carbons (Fsp3) is 0.480. The highest BCUT2D eigenvalue weighted by molar-refractivity contribution is 7.89. The zero-order chi connectivity index (χ0) is 24.2. The van der Waals surface area contributed by atoms with Gasteiger partial charge < -0.3 is 15.4 Å². The van der Waals surface area contributed by atoms with Crippen LogP contribution in [0.1, 0.15) is 33.3 Å². The molecule has 2 atom stereocenters. The van der Waals surface area contributed by atoms with E-state index in [0.717, 1.165) is 23.1 Å². The highest BCUT2D eigenvalue weighted by atomic mass is 32.2. The summed E-state index contributed by atoms with van der Waals surface area (Å²) in [5, 5.41) is 10.8. The highest BCUT2D eigenvalue weighted by Gasteiger charge is 2.30. The zero-order valence-electron chi connectivity index (χ0n) is 19.9. The number of hydrogen-bond acceptors (Lipinski definition) is 5. The fourth-order valence-electron chi connectivity index (χ4n) is 3.93. The van der Waals surface area contributed by atoms with E-state index in [1.165, 1.54) is 4.31 Å². The number of benzene rings is 2. The van der Waals surface area contributed by atoms with Gasteiger partial charge in [-0.2, -0.15) is 4.31 Å². The number of nitrogens with zero attached hydrogens (tertiary/aromatic N) is 3. The van der Waals surface area contributed by atoms with E-state index in [1.54, 1.807) is 24.5 Å². The average Bonchev–Trinajstić information content (AvgIpc) is 3.15. The first-order valence-corrected chi connectivity index (χ1v) is 12.9. The van der Waals surface area contributed by atoms with Crippen molar-refractivity contribution in [3.05, 3.63) is 60.4 Å². The Labute approximate surface area is 197 Å². The molecule has 0 aliphatic heterocycles. The van der Waals surface area contributed by atoms with Gasteiger partial charge in [0.2, 0.25) is 10.0 Å². The van der Waals surface area contributed by atoms with Crippen LogP contribution in [0.15, 0.2) is 59.8 Å². The number of imidazole rings is 1. The van der Waals surface area contributed by atoms with E-state index >= 15 is 0 Å². The van der Waals surface area contributed by atoms with Crippen molar-refractivity contribution in [2.24, 2.45) is 17.6 Å². The van der Waals surface area contributed by atoms with Gasteiger partial charge in [0.25, 0.3) is 0 Å². The van der Waals surface area contributed by atoms with Gasteiger partial charge in [-0.15, -0.1) is 0 Å². The van der Waals surface area contributed by atoms with Crippen LogP contribution in [-0.2, 0) is 23.0 Å². The minimum Gasteiger partial charge on any atom is -0.390 e. The summed E-state index contributed by atoms with van der Waals surface area (Å²) in [4.78, 5) is 4.60. The molecule has 180 valence electrons. The molecule has 0 aliphatic rings. The van der Waals surface area contributed by atoms with Crippen LogP contribution in [0.2, 0.25) is 0 Å². The second-order valence-electron chi connectivity index (χ2n) is 9.58. The van der Waals surface area contributed by atoms with Gasteiger partial charge in [-0.25, -0.2) is 13.4 Å². The van der Waals surface area contributed by atoms with Crippen molar-refractivity contribution >= 4 is 21.1 Å². The van der Waals surface area contributed by atoms with Crippen LogP contribution in [0, 0.1) is 11.8 Å². The molecule has 0 radical (unpaired) electrons. The van der Waals surface area contributed by atoms with E-state index < -0.39 is 22.2 Å². The Morgan fingerprint density at radius 1 is 1.03 bits per heavy atom. The normalized spacial score (nSPS) is 14.5. The van der Waals surface area contributed by atoms with E-state index in [-0.39, 0.29) is 17.4 Å². The molecule has 3 N–H and O–H groups in total. The predicted molar refractivity (Wildman–Crippen MR) is 132 cm³/mol. The summed E-state index contributed by atoms with van der Waals surface area (Å²) in [7, 11) is -3.84. The maximum Gasteiger partial charge on any atom is 0.243 e. The van der Waals surface area contributed by atoms with Crippen LogP contribution >= 0.6 is 0 Å². The Balaban J connectivity index is 1.86. The number of aliphatic hydroxyl groups is 1. The van der Waals surface area contributed by atoms with Gasteiger partial charge in [-0.1, -0.05) is 58.0 Å². The molecular formula is C25H36N4O3S. The first-order chi connectivity index (χ1) is 15.6. The monoisotopic (exact) mass is 472 g/mol. The minimum absolute atomic E-state index is 0.0577. The number of nitrogens with two attached hydrogens (primary N) is 1. The number of fused-ring (bicyclic) bond motifs is 1. The van der Waals surface area contributed by atoms with E-state index in [1.807, 2.05) is 48.7 Å². The second kappa shape index (κ2) is 10.8. The molecule has 2 unspecified atom stereocenters. The Morgan fingerprint density at radius 3 is 2.36 bits per heavy atom. The molecule has 0 amide bonds. The van der Waals surface area contributed by atoms with Crippen LogP contribution in [-0.4, -0.2) is 52.6 Å². The van der Waals surface area contributed by atoms with Gasteiger partial charge in [0.1, 0.15) is 0 Å². The Bertz CT molecular complexity index is 1140. The molecule has 0 spiro atoms. The van der Waals surface area contributed by atoms with Gasteiger partial charge in [-0.3, -0.25) is 0 Å². The molecule has 7 nitrogen and oxygen atoms in total. The van der Waals surface area contributed by atoms with Crippen molar-refractivity contribution in [2.75, 3.05) is 13.1 Å². The first kappa shape index (κ1) is 25.4. The standard InChI is InChI=1S/C25H36N4O3S/c1-18(2)14-28-17-27-23-11-10-21(13-24(23)28)33(31,32)29(15-19(3)4)16-25(30)22(26)12-20-8-6-5-7-9-20/h5-11,13,17-19,22,25,30H,12,14-16,26H2,1-4H3. The lowest BCUT2D eigenvalue weighted by Gasteiger charge is -2.28. The molecule has 0 saturated heterocycles. The van der Waals surface area contributed by atoms with Gasteiger partial charge >= 0.3 is 0 Å². The number of aliphatic hydroxyl groups excluding tert-OH is 1. The first-order valence-electron chi connectivity index (χ1n) is 11.5. The smallest absolute Gasteiger partial charge is 0.243 e. The molecule has 33 heavy (non-hydrogen) atoms. The number of sulfonamides is 1. The molecule has 0 aliphatic carbocycles. The van der Waals surface area contributed by atoms with Crippen molar-refractivity contribution in [2.45, 2.75) is 57.7 Å². The predicted octanol–water partition coefficient (Wildman–Crippen LogP) is 3.27. The summed E-state index contributed by atoms with van der Waals surface area (Å²) in [5.41, 5.74) is 8.81. The van der Waals surface area contributed by atoms with Crippen LogP contribution in [0.5, 0.6) is 0 Å². The summed E-state index contributed by atoms with van der Waals surface area (Å²) in [5.74, 6) is 0.494. The third-order valence-corrected chi connectivity index (χ3v) is 7.39. The number of aromatic nitrogens is 2. The summed E-state index contributed by atoms with van der Waals surface area (Å²) in [6, 6.07) is 14.1. The third-order valence-electron chi connectivity index (χ3n) is 5.56. The molecule has 8 heteroatoms. The van der Waals surface area contributed by atoms with Crippen molar-refractivity contribution in [1.82, 2.24) is 13.9 Å². The van der Waals surface area contributed by atoms with Gasteiger partial charge in [0.05, 0.1) is 28.4 Å². The Morgan fingerprint density at radius 2 is 1.73 bits per heavy atom. The Kier molecular flexibility index (Phi) is 8.28. The molecule has 3 rings (SSSR count). The molecule has 2 aromatic carbocycles. The third kappa shape index (κ3) is 6.41. The van der Waals surface area contributed by atoms with Gasteiger partial charge in [0.15, 0.2) is 0 Å². The lowest BCUT2D eigenvalue weighted by atomic mass is 10.0. The van der Waals surface area contributed by atoms with Gasteiger partial charge in [0, 0.05) is 25.7 Å². The maximum absolute atomic E-state index is 13.6. The zero-order valence-corrected chi connectivity index (χ0v) is 20.7. The molecular weight excluding hydrogens is 436 g/mol. The molecule has 1 aromatic heterocycles. The maximum atomic E-state index is 13.6. The van der Waals surface area contributed by atoms with Crippen LogP contribution in [0.4, 0.5) is 0 Å². The largest absolute Gasteiger partial charge is 0.390 e. The van der Waals surface area contributed by atoms with E-state index in [2.05, 4.69) is 18.8 Å². The van der Waals surface area contributed by atoms with Crippen molar-refractivity contribution in [3.8, 4) is 0 Å². The SMILES string of the molecule is CC(C)CN(CC(O)C(N)Cc1ccccc1)S(=O)(=O)c1ccc2ncn(CC(C)C)c2c1. The Hall–Kier alpha value is -2.26. The highest BCUT2D eigenvalue weighted by Crippen LogP contribution is 2.23. The molecule has 0 fully saturated rings. The van der Waals surface area contributed by atoms with Crippen molar-refractivity contribution < 1.29 is 13.5 Å². The van der Waals surface area contributed by atoms with Crippen LogP contribution < -0.4 is 5.73 Å². The molecule has 0 saturated carbocycles. The lowest BCUT2D eigenvalue weighted by Crippen LogP contribution is -2.47. The van der Waals surface area contributed by atoms with Crippen LogP contribution in [0.25, 0.3) is 11.0 Å². The molecule has 1 heterocycles. The lowest BCUT2D eigenvalue weighted by molar-refractivity contribution is 0.116. The van der Waals surface area contributed by atoms with Crippen molar-refractivity contribution in [1.29, 1.82) is 0 Å². The van der Waals surface area contributed by atoms with E-state index in [0.29, 0.717) is 18.9 Å². The fourth-order valence-corrected chi connectivity index (χ4v) is 5.57. The summed E-state index contributed by atoms with van der Waals surface area (Å²) < 4.78 is 30.6. The van der Waals surface area contributed by atoms with E-state index in [4.69, 9.17) is 5.73 Å². The topological polar surface area (TPSA) is 101 Å².